The Hall–Kier alpha value is -2.63. The van der Waals surface area contributed by atoms with Crippen molar-refractivity contribution in [3.63, 3.8) is 0 Å². The molecule has 1 unspecified atom stereocenters. The minimum Gasteiger partial charge on any atom is -0.339 e. The van der Waals surface area contributed by atoms with E-state index in [1.807, 2.05) is 18.2 Å². The van der Waals surface area contributed by atoms with Gasteiger partial charge in [-0.2, -0.15) is 0 Å². The largest absolute Gasteiger partial charge is 0.339 e. The second-order valence-corrected chi connectivity index (χ2v) is 7.08. The average molecular weight is 351 g/mol. The molecule has 1 atom stereocenters. The number of amides is 2. The van der Waals surface area contributed by atoms with Gasteiger partial charge in [-0.05, 0) is 61.8 Å². The Morgan fingerprint density at radius 3 is 2.81 bits per heavy atom. The molecule has 1 aromatic carbocycles. The summed E-state index contributed by atoms with van der Waals surface area (Å²) in [5, 5.41) is 6.20. The Labute approximate surface area is 154 Å². The topological polar surface area (TPSA) is 70.2 Å². The number of urea groups is 1. The Morgan fingerprint density at radius 1 is 1.08 bits per heavy atom. The number of carbonyl (C=O) groups is 1. The van der Waals surface area contributed by atoms with E-state index in [4.69, 9.17) is 0 Å². The van der Waals surface area contributed by atoms with Gasteiger partial charge in [0.15, 0.2) is 0 Å². The third-order valence-electron chi connectivity index (χ3n) is 5.24. The van der Waals surface area contributed by atoms with Gasteiger partial charge in [-0.1, -0.05) is 12.1 Å². The Bertz CT molecular complexity index is 764. The smallest absolute Gasteiger partial charge is 0.319 e. The van der Waals surface area contributed by atoms with Crippen molar-refractivity contribution in [2.24, 2.45) is 0 Å². The number of piperidine rings is 1. The van der Waals surface area contributed by atoms with Crippen LogP contribution < -0.4 is 15.5 Å². The number of nitrogens with one attached hydrogen (secondary N) is 2. The van der Waals surface area contributed by atoms with Crippen molar-refractivity contribution in [3.8, 4) is 0 Å². The van der Waals surface area contributed by atoms with Crippen LogP contribution in [0.2, 0.25) is 0 Å². The summed E-state index contributed by atoms with van der Waals surface area (Å²) in [4.78, 5) is 23.3. The lowest BCUT2D eigenvalue weighted by Gasteiger charge is -2.33. The highest BCUT2D eigenvalue weighted by Crippen LogP contribution is 2.27. The number of aryl methyl sites for hydroxylation is 1. The van der Waals surface area contributed by atoms with Crippen molar-refractivity contribution in [1.82, 2.24) is 15.3 Å². The van der Waals surface area contributed by atoms with Gasteiger partial charge >= 0.3 is 6.03 Å². The van der Waals surface area contributed by atoms with Crippen molar-refractivity contribution in [2.45, 2.75) is 44.6 Å². The molecule has 2 amide bonds. The van der Waals surface area contributed by atoms with Gasteiger partial charge in [0, 0.05) is 37.2 Å². The van der Waals surface area contributed by atoms with Crippen molar-refractivity contribution in [3.05, 3.63) is 47.8 Å². The van der Waals surface area contributed by atoms with E-state index in [1.165, 1.54) is 24.0 Å². The van der Waals surface area contributed by atoms with E-state index in [2.05, 4.69) is 31.6 Å². The average Bonchev–Trinajstić information content (AvgIpc) is 2.69. The number of carbonyl (C=O) groups excluding carboxylic acids is 1. The Kier molecular flexibility index (Phi) is 5.00. The molecule has 2 N–H and O–H groups in total. The molecule has 0 spiro atoms. The van der Waals surface area contributed by atoms with Crippen LogP contribution in [0.3, 0.4) is 0 Å². The predicted octanol–water partition coefficient (Wildman–Crippen LogP) is 3.15. The monoisotopic (exact) mass is 351 g/mol. The third kappa shape index (κ3) is 3.79. The van der Waals surface area contributed by atoms with Gasteiger partial charge in [0.1, 0.15) is 0 Å². The van der Waals surface area contributed by atoms with E-state index in [0.29, 0.717) is 0 Å². The summed E-state index contributed by atoms with van der Waals surface area (Å²) in [5.41, 5.74) is 3.63. The molecule has 1 aromatic heterocycles. The summed E-state index contributed by atoms with van der Waals surface area (Å²) in [5.74, 6) is 0.733. The lowest BCUT2D eigenvalue weighted by atomic mass is 9.90. The third-order valence-corrected chi connectivity index (χ3v) is 5.24. The van der Waals surface area contributed by atoms with E-state index in [1.54, 1.807) is 12.4 Å². The van der Waals surface area contributed by atoms with Gasteiger partial charge in [-0.3, -0.25) is 0 Å². The van der Waals surface area contributed by atoms with E-state index in [-0.39, 0.29) is 12.1 Å². The van der Waals surface area contributed by atoms with Crippen molar-refractivity contribution in [2.75, 3.05) is 23.3 Å². The van der Waals surface area contributed by atoms with Crippen LogP contribution in [0.4, 0.5) is 16.4 Å². The molecule has 0 bridgehead atoms. The normalized spacial score (nSPS) is 19.5. The zero-order chi connectivity index (χ0) is 17.8. The van der Waals surface area contributed by atoms with Gasteiger partial charge in [0.2, 0.25) is 5.95 Å². The second-order valence-electron chi connectivity index (χ2n) is 7.08. The molecule has 26 heavy (non-hydrogen) atoms. The van der Waals surface area contributed by atoms with Crippen molar-refractivity contribution in [1.29, 1.82) is 0 Å². The van der Waals surface area contributed by atoms with Crippen LogP contribution in [0.25, 0.3) is 0 Å². The molecule has 6 nitrogen and oxygen atoms in total. The molecule has 2 aromatic rings. The molecular formula is C20H25N5O. The van der Waals surface area contributed by atoms with E-state index < -0.39 is 0 Å². The lowest BCUT2D eigenvalue weighted by Crippen LogP contribution is -2.49. The standard InChI is InChI=1S/C20H25N5O/c26-20(24-18-10-3-7-15-6-1-2-9-17(15)18)23-16-8-4-13-25(14-16)19-21-11-5-12-22-19/h3,5,7,10-12,16H,1-2,4,6,8-9,13-14H2,(H2,23,24,26). The van der Waals surface area contributed by atoms with Gasteiger partial charge in [0.05, 0.1) is 0 Å². The summed E-state index contributed by atoms with van der Waals surface area (Å²) in [7, 11) is 0. The molecule has 136 valence electrons. The zero-order valence-corrected chi connectivity index (χ0v) is 14.9. The molecule has 2 heterocycles. The van der Waals surface area contributed by atoms with Crippen LogP contribution in [0.1, 0.15) is 36.8 Å². The first-order valence-electron chi connectivity index (χ1n) is 9.50. The lowest BCUT2D eigenvalue weighted by molar-refractivity contribution is 0.246. The van der Waals surface area contributed by atoms with Crippen molar-refractivity contribution < 1.29 is 4.79 Å². The molecule has 4 rings (SSSR count). The fraction of sp³-hybridized carbons (Fsp3) is 0.450. The van der Waals surface area contributed by atoms with Crippen LogP contribution in [-0.2, 0) is 12.8 Å². The highest BCUT2D eigenvalue weighted by atomic mass is 16.2. The minimum atomic E-state index is -0.121. The highest BCUT2D eigenvalue weighted by molar-refractivity contribution is 5.90. The number of anilines is 2. The van der Waals surface area contributed by atoms with Gasteiger partial charge < -0.3 is 15.5 Å². The zero-order valence-electron chi connectivity index (χ0n) is 14.9. The summed E-state index contributed by atoms with van der Waals surface area (Å²) in [6, 6.07) is 8.02. The van der Waals surface area contributed by atoms with Crippen LogP contribution >= 0.6 is 0 Å². The SMILES string of the molecule is O=C(Nc1cccc2c1CCCC2)NC1CCCN(c2ncccn2)C1. The number of fused-ring (bicyclic) bond motifs is 1. The predicted molar refractivity (Wildman–Crippen MR) is 103 cm³/mol. The van der Waals surface area contributed by atoms with Gasteiger partial charge in [0.25, 0.3) is 0 Å². The first kappa shape index (κ1) is 16.8. The Morgan fingerprint density at radius 2 is 1.92 bits per heavy atom. The molecule has 6 heteroatoms. The molecule has 1 fully saturated rings. The molecule has 1 aliphatic carbocycles. The number of benzene rings is 1. The summed E-state index contributed by atoms with van der Waals surface area (Å²) < 4.78 is 0. The number of rotatable bonds is 3. The maximum atomic E-state index is 12.5. The molecule has 2 aliphatic rings. The second kappa shape index (κ2) is 7.72. The Balaban J connectivity index is 1.38. The fourth-order valence-electron chi connectivity index (χ4n) is 3.97. The van der Waals surface area contributed by atoms with Crippen molar-refractivity contribution >= 4 is 17.7 Å². The van der Waals surface area contributed by atoms with E-state index in [0.717, 1.165) is 50.4 Å². The first-order valence-corrected chi connectivity index (χ1v) is 9.50. The number of nitrogens with zero attached hydrogens (tertiary/aromatic N) is 3. The van der Waals surface area contributed by atoms with Crippen LogP contribution in [0.15, 0.2) is 36.7 Å². The number of hydrogen-bond donors (Lipinski definition) is 2. The van der Waals surface area contributed by atoms with Crippen LogP contribution in [-0.4, -0.2) is 35.1 Å². The molecule has 0 saturated carbocycles. The minimum absolute atomic E-state index is 0.104. The van der Waals surface area contributed by atoms with E-state index in [9.17, 15) is 4.79 Å². The molecule has 1 saturated heterocycles. The summed E-state index contributed by atoms with van der Waals surface area (Å²) in [6.07, 6.45) is 10.1. The maximum absolute atomic E-state index is 12.5. The van der Waals surface area contributed by atoms with Crippen LogP contribution in [0, 0.1) is 0 Å². The van der Waals surface area contributed by atoms with Gasteiger partial charge in [-0.25, -0.2) is 14.8 Å². The number of hydrogen-bond acceptors (Lipinski definition) is 4. The first-order chi connectivity index (χ1) is 12.8. The number of aromatic nitrogens is 2. The fourth-order valence-corrected chi connectivity index (χ4v) is 3.97. The maximum Gasteiger partial charge on any atom is 0.319 e. The molecular weight excluding hydrogens is 326 g/mol. The summed E-state index contributed by atoms with van der Waals surface area (Å²) >= 11 is 0. The summed E-state index contributed by atoms with van der Waals surface area (Å²) in [6.45, 7) is 1.67. The molecule has 1 aliphatic heterocycles. The van der Waals surface area contributed by atoms with Gasteiger partial charge in [-0.15, -0.1) is 0 Å². The quantitative estimate of drug-likeness (QED) is 0.891. The molecule has 0 radical (unpaired) electrons. The van der Waals surface area contributed by atoms with Crippen LogP contribution in [0.5, 0.6) is 0 Å². The van der Waals surface area contributed by atoms with E-state index >= 15 is 0 Å². The highest BCUT2D eigenvalue weighted by Gasteiger charge is 2.23.